The predicted octanol–water partition coefficient (Wildman–Crippen LogP) is 4.35. The highest BCUT2D eigenvalue weighted by Gasteiger charge is 2.64. The molecule has 2 aliphatic carbocycles. The molecule has 1 aromatic carbocycles. The molecule has 0 spiro atoms. The number of nitrogens with zero attached hydrogens (tertiary/aromatic N) is 3. The Morgan fingerprint density at radius 1 is 1.12 bits per heavy atom. The maximum Gasteiger partial charge on any atom is 0.135 e. The lowest BCUT2D eigenvalue weighted by Gasteiger charge is -2.36. The first kappa shape index (κ1) is 15.6. The first-order valence-corrected chi connectivity index (χ1v) is 8.79. The molecule has 1 saturated carbocycles. The average Bonchev–Trinajstić information content (AvgIpc) is 3.26. The lowest BCUT2D eigenvalue weighted by Crippen LogP contribution is -2.37. The topological polar surface area (TPSA) is 54.5 Å². The fourth-order valence-corrected chi connectivity index (χ4v) is 5.28. The number of halogens is 2. The van der Waals surface area contributed by atoms with Crippen LogP contribution in [0.5, 0.6) is 0 Å². The number of rotatable bonds is 2. The summed E-state index contributed by atoms with van der Waals surface area (Å²) >= 11 is 0. The molecule has 0 radical (unpaired) electrons. The molecule has 4 nitrogen and oxygen atoms in total. The van der Waals surface area contributed by atoms with Crippen LogP contribution in [-0.2, 0) is 5.41 Å². The second-order valence-corrected chi connectivity index (χ2v) is 7.82. The van der Waals surface area contributed by atoms with E-state index in [0.717, 1.165) is 29.8 Å². The highest BCUT2D eigenvalue weighted by atomic mass is 19.1. The predicted molar refractivity (Wildman–Crippen MR) is 92.5 cm³/mol. The number of fused-ring (bicyclic) bond motifs is 5. The van der Waals surface area contributed by atoms with Crippen molar-refractivity contribution in [2.45, 2.75) is 38.0 Å². The average molecular weight is 352 g/mol. The van der Waals surface area contributed by atoms with Gasteiger partial charge in [-0.15, -0.1) is 5.10 Å². The summed E-state index contributed by atoms with van der Waals surface area (Å²) in [6.45, 7) is 4.47. The van der Waals surface area contributed by atoms with E-state index >= 15 is 0 Å². The highest BCUT2D eigenvalue weighted by Crippen LogP contribution is 2.69. The quantitative estimate of drug-likeness (QED) is 0.746. The zero-order chi connectivity index (χ0) is 18.1. The smallest absolute Gasteiger partial charge is 0.135 e. The van der Waals surface area contributed by atoms with Gasteiger partial charge in [0.15, 0.2) is 0 Å². The van der Waals surface area contributed by atoms with E-state index in [-0.39, 0.29) is 28.0 Å². The standard InChI is InChI=1S/C20H18F2N4/c1-19(2)12-6-8-20(19,16-7-9-23-25-16)18-11(12)10-15(24-26-18)17-13(21)4-3-5-14(17)22/h3-5,7,9-10,12H,6,8H2,1-2H3,(H,23,25)/t12-,20-/m0/s1. The molecule has 0 amide bonds. The molecule has 2 heterocycles. The Kier molecular flexibility index (Phi) is 2.98. The Bertz CT molecular complexity index is 992. The summed E-state index contributed by atoms with van der Waals surface area (Å²) in [5, 5.41) is 16.0. The molecular weight excluding hydrogens is 334 g/mol. The van der Waals surface area contributed by atoms with Gasteiger partial charge in [-0.3, -0.25) is 5.10 Å². The largest absolute Gasteiger partial charge is 0.282 e. The van der Waals surface area contributed by atoms with Crippen molar-refractivity contribution in [1.82, 2.24) is 20.4 Å². The second-order valence-electron chi connectivity index (χ2n) is 7.82. The maximum absolute atomic E-state index is 14.2. The minimum Gasteiger partial charge on any atom is -0.282 e. The van der Waals surface area contributed by atoms with Gasteiger partial charge in [-0.1, -0.05) is 19.9 Å². The molecule has 132 valence electrons. The van der Waals surface area contributed by atoms with Crippen molar-refractivity contribution < 1.29 is 8.78 Å². The van der Waals surface area contributed by atoms with Crippen LogP contribution in [0.3, 0.4) is 0 Å². The van der Waals surface area contributed by atoms with Gasteiger partial charge in [0.05, 0.1) is 22.4 Å². The van der Waals surface area contributed by atoms with Crippen LogP contribution < -0.4 is 0 Å². The fourth-order valence-electron chi connectivity index (χ4n) is 5.28. The van der Waals surface area contributed by atoms with Crippen molar-refractivity contribution in [3.05, 3.63) is 65.1 Å². The first-order chi connectivity index (χ1) is 12.5. The monoisotopic (exact) mass is 352 g/mol. The number of H-pyrrole nitrogens is 1. The molecule has 1 fully saturated rings. The molecule has 2 atom stereocenters. The van der Waals surface area contributed by atoms with Crippen molar-refractivity contribution in [3.63, 3.8) is 0 Å². The van der Waals surface area contributed by atoms with Crippen LogP contribution in [-0.4, -0.2) is 20.4 Å². The summed E-state index contributed by atoms with van der Waals surface area (Å²) in [5.74, 6) is -0.972. The van der Waals surface area contributed by atoms with Crippen molar-refractivity contribution in [3.8, 4) is 11.3 Å². The molecule has 26 heavy (non-hydrogen) atoms. The molecular formula is C20H18F2N4. The van der Waals surface area contributed by atoms with Gasteiger partial charge in [0, 0.05) is 11.9 Å². The summed E-state index contributed by atoms with van der Waals surface area (Å²) in [6.07, 6.45) is 3.72. The van der Waals surface area contributed by atoms with Gasteiger partial charge in [-0.2, -0.15) is 10.2 Å². The van der Waals surface area contributed by atoms with Gasteiger partial charge in [0.25, 0.3) is 0 Å². The minimum atomic E-state index is -0.620. The minimum absolute atomic E-state index is 0.0804. The molecule has 3 aromatic rings. The van der Waals surface area contributed by atoms with E-state index in [2.05, 4.69) is 34.2 Å². The van der Waals surface area contributed by atoms with E-state index in [1.807, 2.05) is 12.1 Å². The number of aromatic amines is 1. The number of nitrogens with one attached hydrogen (secondary N) is 1. The Labute approximate surface area is 149 Å². The summed E-state index contributed by atoms with van der Waals surface area (Å²) in [7, 11) is 0. The Morgan fingerprint density at radius 3 is 2.58 bits per heavy atom. The van der Waals surface area contributed by atoms with Crippen LogP contribution in [0, 0.1) is 17.0 Å². The number of benzene rings is 1. The zero-order valence-electron chi connectivity index (χ0n) is 14.6. The molecule has 5 rings (SSSR count). The van der Waals surface area contributed by atoms with Crippen molar-refractivity contribution in [2.24, 2.45) is 5.41 Å². The molecule has 2 aliphatic rings. The summed E-state index contributed by atoms with van der Waals surface area (Å²) in [5.41, 5.74) is 2.75. The molecule has 0 saturated heterocycles. The molecule has 2 aromatic heterocycles. The number of hydrogen-bond donors (Lipinski definition) is 1. The molecule has 6 heteroatoms. The Balaban J connectivity index is 1.74. The summed E-state index contributed by atoms with van der Waals surface area (Å²) < 4.78 is 28.4. The van der Waals surface area contributed by atoms with Crippen molar-refractivity contribution in [1.29, 1.82) is 0 Å². The molecule has 1 N–H and O–H groups in total. The third-order valence-electron chi connectivity index (χ3n) is 6.56. The van der Waals surface area contributed by atoms with Crippen LogP contribution in [0.1, 0.15) is 49.6 Å². The maximum atomic E-state index is 14.2. The SMILES string of the molecule is CC1(C)[C@H]2CC[C@]1(c1ccn[nH]1)c1nnc(-c3c(F)cccc3F)cc12. The van der Waals surface area contributed by atoms with Crippen LogP contribution >= 0.6 is 0 Å². The van der Waals surface area contributed by atoms with Crippen LogP contribution in [0.4, 0.5) is 8.78 Å². The zero-order valence-corrected chi connectivity index (χ0v) is 14.6. The second kappa shape index (κ2) is 4.96. The Hall–Kier alpha value is -2.63. The van der Waals surface area contributed by atoms with Crippen LogP contribution in [0.15, 0.2) is 36.5 Å². The van der Waals surface area contributed by atoms with E-state index in [1.54, 1.807) is 6.20 Å². The van der Waals surface area contributed by atoms with Gasteiger partial charge in [-0.25, -0.2) is 8.78 Å². The van der Waals surface area contributed by atoms with E-state index in [1.165, 1.54) is 18.2 Å². The van der Waals surface area contributed by atoms with E-state index in [4.69, 9.17) is 0 Å². The van der Waals surface area contributed by atoms with Crippen LogP contribution in [0.2, 0.25) is 0 Å². The van der Waals surface area contributed by atoms with Gasteiger partial charge in [0.1, 0.15) is 11.6 Å². The third kappa shape index (κ3) is 1.69. The van der Waals surface area contributed by atoms with Gasteiger partial charge in [-0.05, 0) is 54.0 Å². The van der Waals surface area contributed by atoms with Gasteiger partial charge < -0.3 is 0 Å². The molecule has 2 bridgehead atoms. The van der Waals surface area contributed by atoms with E-state index in [0.29, 0.717) is 0 Å². The van der Waals surface area contributed by atoms with Crippen LogP contribution in [0.25, 0.3) is 11.3 Å². The van der Waals surface area contributed by atoms with Gasteiger partial charge >= 0.3 is 0 Å². The lowest BCUT2D eigenvalue weighted by atomic mass is 9.66. The summed E-state index contributed by atoms with van der Waals surface area (Å²) in [4.78, 5) is 0. The molecule has 0 unspecified atom stereocenters. The molecule has 0 aliphatic heterocycles. The van der Waals surface area contributed by atoms with Gasteiger partial charge in [0.2, 0.25) is 0 Å². The number of hydrogen-bond acceptors (Lipinski definition) is 3. The van der Waals surface area contributed by atoms with E-state index in [9.17, 15) is 8.78 Å². The highest BCUT2D eigenvalue weighted by molar-refractivity contribution is 5.64. The normalized spacial score (nSPS) is 25.5. The summed E-state index contributed by atoms with van der Waals surface area (Å²) in [6, 6.07) is 7.66. The fraction of sp³-hybridized carbons (Fsp3) is 0.350. The number of aromatic nitrogens is 4. The van der Waals surface area contributed by atoms with Crippen molar-refractivity contribution >= 4 is 0 Å². The Morgan fingerprint density at radius 2 is 1.88 bits per heavy atom. The van der Waals surface area contributed by atoms with Crippen molar-refractivity contribution in [2.75, 3.05) is 0 Å². The lowest BCUT2D eigenvalue weighted by molar-refractivity contribution is 0.242. The first-order valence-electron chi connectivity index (χ1n) is 8.79. The van der Waals surface area contributed by atoms with E-state index < -0.39 is 11.6 Å². The third-order valence-corrected chi connectivity index (χ3v) is 6.56.